The van der Waals surface area contributed by atoms with Crippen molar-refractivity contribution in [3.63, 3.8) is 0 Å². The SMILES string of the molecule is Cc1nc(N)ccc1CNC(=O)Cn1c(C)cc(SC2CCCC2)c(N)c1=O. The summed E-state index contributed by atoms with van der Waals surface area (Å²) in [7, 11) is 0. The third-order valence-corrected chi connectivity index (χ3v) is 6.49. The molecule has 2 aromatic heterocycles. The number of hydrogen-bond acceptors (Lipinski definition) is 6. The molecule has 0 aromatic carbocycles. The Labute approximate surface area is 168 Å². The van der Waals surface area contributed by atoms with Crippen LogP contribution in [0.3, 0.4) is 0 Å². The van der Waals surface area contributed by atoms with Gasteiger partial charge in [-0.2, -0.15) is 0 Å². The number of thioether (sulfide) groups is 1. The zero-order valence-corrected chi connectivity index (χ0v) is 17.1. The number of aryl methyl sites for hydroxylation is 2. The lowest BCUT2D eigenvalue weighted by Crippen LogP contribution is -2.34. The summed E-state index contributed by atoms with van der Waals surface area (Å²) < 4.78 is 1.43. The Bertz CT molecular complexity index is 935. The number of aromatic nitrogens is 2. The van der Waals surface area contributed by atoms with Gasteiger partial charge in [0, 0.05) is 28.1 Å². The quantitative estimate of drug-likeness (QED) is 0.684. The molecule has 2 aromatic rings. The Balaban J connectivity index is 1.68. The summed E-state index contributed by atoms with van der Waals surface area (Å²) in [5.74, 6) is 0.192. The fraction of sp³-hybridized carbons (Fsp3) is 0.450. The first-order valence-electron chi connectivity index (χ1n) is 9.50. The summed E-state index contributed by atoms with van der Waals surface area (Å²) in [6.07, 6.45) is 4.79. The average molecular weight is 402 g/mol. The first-order chi connectivity index (χ1) is 13.3. The Hall–Kier alpha value is -2.48. The highest BCUT2D eigenvalue weighted by Crippen LogP contribution is 2.36. The maximum Gasteiger partial charge on any atom is 0.275 e. The predicted octanol–water partition coefficient (Wildman–Crippen LogP) is 2.38. The van der Waals surface area contributed by atoms with Crippen LogP contribution in [0.15, 0.2) is 27.9 Å². The Morgan fingerprint density at radius 3 is 2.68 bits per heavy atom. The van der Waals surface area contributed by atoms with Crippen LogP contribution in [0.2, 0.25) is 0 Å². The van der Waals surface area contributed by atoms with Gasteiger partial charge in [0.1, 0.15) is 18.1 Å². The number of nitrogen functional groups attached to an aromatic ring is 2. The molecule has 1 fully saturated rings. The van der Waals surface area contributed by atoms with Crippen molar-refractivity contribution in [3.8, 4) is 0 Å². The molecular weight excluding hydrogens is 374 g/mol. The lowest BCUT2D eigenvalue weighted by Gasteiger charge is -2.16. The molecule has 1 amide bonds. The van der Waals surface area contributed by atoms with Gasteiger partial charge in [0.2, 0.25) is 5.91 Å². The van der Waals surface area contributed by atoms with E-state index in [1.54, 1.807) is 17.8 Å². The largest absolute Gasteiger partial charge is 0.393 e. The monoisotopic (exact) mass is 401 g/mol. The van der Waals surface area contributed by atoms with Crippen LogP contribution < -0.4 is 22.3 Å². The van der Waals surface area contributed by atoms with Crippen molar-refractivity contribution >= 4 is 29.2 Å². The molecule has 5 N–H and O–H groups in total. The number of pyridine rings is 2. The molecule has 0 saturated heterocycles. The van der Waals surface area contributed by atoms with Gasteiger partial charge in [-0.15, -0.1) is 11.8 Å². The molecule has 0 atom stereocenters. The van der Waals surface area contributed by atoms with E-state index in [1.165, 1.54) is 17.4 Å². The van der Waals surface area contributed by atoms with Crippen LogP contribution in [-0.4, -0.2) is 20.7 Å². The Morgan fingerprint density at radius 1 is 1.29 bits per heavy atom. The lowest BCUT2D eigenvalue weighted by molar-refractivity contribution is -0.121. The van der Waals surface area contributed by atoms with E-state index >= 15 is 0 Å². The van der Waals surface area contributed by atoms with Crippen molar-refractivity contribution in [1.82, 2.24) is 14.9 Å². The minimum atomic E-state index is -0.305. The molecule has 0 bridgehead atoms. The molecule has 28 heavy (non-hydrogen) atoms. The maximum absolute atomic E-state index is 12.7. The highest BCUT2D eigenvalue weighted by Gasteiger charge is 2.20. The topological polar surface area (TPSA) is 116 Å². The van der Waals surface area contributed by atoms with Crippen LogP contribution in [0.5, 0.6) is 0 Å². The molecule has 0 spiro atoms. The van der Waals surface area contributed by atoms with E-state index in [4.69, 9.17) is 11.5 Å². The Kier molecular flexibility index (Phi) is 6.28. The first-order valence-corrected chi connectivity index (χ1v) is 10.4. The molecule has 0 aliphatic heterocycles. The van der Waals surface area contributed by atoms with E-state index in [0.29, 0.717) is 17.6 Å². The van der Waals surface area contributed by atoms with Crippen LogP contribution in [-0.2, 0) is 17.9 Å². The van der Waals surface area contributed by atoms with E-state index < -0.39 is 0 Å². The van der Waals surface area contributed by atoms with Crippen LogP contribution in [0.25, 0.3) is 0 Å². The second kappa shape index (κ2) is 8.68. The fourth-order valence-corrected chi connectivity index (χ4v) is 4.81. The average Bonchev–Trinajstić information content (AvgIpc) is 3.15. The van der Waals surface area contributed by atoms with Crippen LogP contribution >= 0.6 is 11.8 Å². The second-order valence-electron chi connectivity index (χ2n) is 7.24. The van der Waals surface area contributed by atoms with Crippen molar-refractivity contribution < 1.29 is 4.79 Å². The standard InChI is InChI=1S/C20H27N5O2S/c1-12-9-16(28-15-5-3-4-6-15)19(22)20(27)25(12)11-18(26)23-10-14-7-8-17(21)24-13(14)2/h7-9,15H,3-6,10-11,22H2,1-2H3,(H2,21,24)(H,23,26). The van der Waals surface area contributed by atoms with E-state index in [0.717, 1.165) is 34.7 Å². The molecule has 0 radical (unpaired) electrons. The molecule has 1 aliphatic rings. The minimum Gasteiger partial charge on any atom is -0.393 e. The number of hydrogen-bond donors (Lipinski definition) is 3. The molecule has 3 rings (SSSR count). The van der Waals surface area contributed by atoms with E-state index in [9.17, 15) is 9.59 Å². The lowest BCUT2D eigenvalue weighted by atomic mass is 10.2. The summed E-state index contributed by atoms with van der Waals surface area (Å²) in [6, 6.07) is 5.45. The number of anilines is 2. The minimum absolute atomic E-state index is 0.0648. The molecular formula is C20H27N5O2S. The van der Waals surface area contributed by atoms with Gasteiger partial charge in [0.25, 0.3) is 5.56 Å². The van der Waals surface area contributed by atoms with Gasteiger partial charge < -0.3 is 21.4 Å². The smallest absolute Gasteiger partial charge is 0.275 e. The normalized spacial score (nSPS) is 14.4. The molecule has 8 heteroatoms. The summed E-state index contributed by atoms with van der Waals surface area (Å²) >= 11 is 1.69. The van der Waals surface area contributed by atoms with Gasteiger partial charge in [-0.1, -0.05) is 18.9 Å². The maximum atomic E-state index is 12.7. The summed E-state index contributed by atoms with van der Waals surface area (Å²) in [5.41, 5.74) is 14.1. The number of nitrogens with one attached hydrogen (secondary N) is 1. The van der Waals surface area contributed by atoms with Crippen molar-refractivity contribution in [3.05, 3.63) is 45.5 Å². The predicted molar refractivity (Wildman–Crippen MR) is 113 cm³/mol. The first kappa shape index (κ1) is 20.3. The van der Waals surface area contributed by atoms with Gasteiger partial charge >= 0.3 is 0 Å². The molecule has 150 valence electrons. The molecule has 2 heterocycles. The van der Waals surface area contributed by atoms with Gasteiger partial charge in [-0.3, -0.25) is 9.59 Å². The molecule has 7 nitrogen and oxygen atoms in total. The number of amides is 1. The van der Waals surface area contributed by atoms with Gasteiger partial charge in [-0.25, -0.2) is 4.98 Å². The second-order valence-corrected chi connectivity index (χ2v) is 8.58. The fourth-order valence-electron chi connectivity index (χ4n) is 3.43. The van der Waals surface area contributed by atoms with Crippen LogP contribution in [0, 0.1) is 13.8 Å². The van der Waals surface area contributed by atoms with Crippen molar-refractivity contribution in [2.75, 3.05) is 11.5 Å². The van der Waals surface area contributed by atoms with Crippen molar-refractivity contribution in [2.24, 2.45) is 0 Å². The van der Waals surface area contributed by atoms with E-state index in [2.05, 4.69) is 10.3 Å². The molecule has 1 saturated carbocycles. The molecule has 0 unspecified atom stereocenters. The third kappa shape index (κ3) is 4.67. The van der Waals surface area contributed by atoms with Gasteiger partial charge in [0.05, 0.1) is 0 Å². The zero-order valence-electron chi connectivity index (χ0n) is 16.3. The number of rotatable bonds is 6. The number of nitrogens with two attached hydrogens (primary N) is 2. The highest BCUT2D eigenvalue weighted by molar-refractivity contribution is 8.00. The highest BCUT2D eigenvalue weighted by atomic mass is 32.2. The van der Waals surface area contributed by atoms with Crippen LogP contribution in [0.1, 0.15) is 42.6 Å². The van der Waals surface area contributed by atoms with Gasteiger partial charge in [-0.05, 0) is 44.4 Å². The zero-order chi connectivity index (χ0) is 20.3. The van der Waals surface area contributed by atoms with E-state index in [-0.39, 0.29) is 23.7 Å². The van der Waals surface area contributed by atoms with Crippen LogP contribution in [0.4, 0.5) is 11.5 Å². The number of carbonyl (C=O) groups excluding carboxylic acids is 1. The Morgan fingerprint density at radius 2 is 2.00 bits per heavy atom. The summed E-state index contributed by atoms with van der Waals surface area (Å²) in [5, 5.41) is 3.35. The summed E-state index contributed by atoms with van der Waals surface area (Å²) in [4.78, 5) is 30.1. The third-order valence-electron chi connectivity index (χ3n) is 5.10. The van der Waals surface area contributed by atoms with Gasteiger partial charge in [0.15, 0.2) is 0 Å². The number of carbonyl (C=O) groups is 1. The van der Waals surface area contributed by atoms with Crippen molar-refractivity contribution in [2.45, 2.75) is 62.8 Å². The summed E-state index contributed by atoms with van der Waals surface area (Å²) in [6.45, 7) is 3.94. The van der Waals surface area contributed by atoms with E-state index in [1.807, 2.05) is 26.0 Å². The number of nitrogens with zero attached hydrogens (tertiary/aromatic N) is 2. The molecule has 1 aliphatic carbocycles. The van der Waals surface area contributed by atoms with Crippen molar-refractivity contribution in [1.29, 1.82) is 0 Å².